The Kier molecular flexibility index (Phi) is 9.89. The number of aromatic amines is 1. The van der Waals surface area contributed by atoms with Gasteiger partial charge in [0.15, 0.2) is 0 Å². The zero-order valence-corrected chi connectivity index (χ0v) is 23.0. The number of ether oxygens (including phenoxy) is 1. The Bertz CT molecular complexity index is 1410. The molecule has 2 amide bonds. The molecule has 0 aliphatic rings. The Morgan fingerprint density at radius 1 is 0.900 bits per heavy atom. The van der Waals surface area contributed by atoms with E-state index in [1.54, 1.807) is 4.90 Å². The van der Waals surface area contributed by atoms with Crippen LogP contribution in [0.2, 0.25) is 0 Å². The smallest absolute Gasteiger partial charge is 0.254 e. The largest absolute Gasteiger partial charge is 0.494 e. The first kappa shape index (κ1) is 28.8. The third kappa shape index (κ3) is 7.46. The summed E-state index contributed by atoms with van der Waals surface area (Å²) in [6, 6.07) is 18.3. The fourth-order valence-corrected chi connectivity index (χ4v) is 4.69. The van der Waals surface area contributed by atoms with Crippen molar-refractivity contribution in [2.24, 2.45) is 0 Å². The molecule has 0 radical (unpaired) electrons. The molecular formula is C32H35F2N3O3. The van der Waals surface area contributed by atoms with E-state index in [2.05, 4.69) is 4.98 Å². The Hall–Kier alpha value is -4.20. The number of H-pyrrole nitrogens is 1. The number of hydrogen-bond donors (Lipinski definition) is 1. The normalized spacial score (nSPS) is 11.0. The summed E-state index contributed by atoms with van der Waals surface area (Å²) < 4.78 is 33.3. The predicted molar refractivity (Wildman–Crippen MR) is 152 cm³/mol. The van der Waals surface area contributed by atoms with E-state index in [1.165, 1.54) is 4.90 Å². The van der Waals surface area contributed by atoms with Crippen LogP contribution in [0, 0.1) is 11.6 Å². The summed E-state index contributed by atoms with van der Waals surface area (Å²) in [6.07, 6.45) is 4.03. The second-order valence-corrected chi connectivity index (χ2v) is 9.74. The van der Waals surface area contributed by atoms with E-state index in [0.29, 0.717) is 39.1 Å². The van der Waals surface area contributed by atoms with Crippen molar-refractivity contribution in [3.05, 3.63) is 101 Å². The molecule has 4 rings (SSSR count). The summed E-state index contributed by atoms with van der Waals surface area (Å²) in [5.74, 6) is -1.73. The standard InChI is InChI=1S/C32H35F2N3O3/c1-3-5-15-37(32(39)25-17-26(33)19-27(34)18-25)22-31(38)36(21-23-10-12-28(13-11-23)40-4-2)16-14-24-20-35-30-9-7-6-8-29(24)30/h6-13,17-20,35H,3-5,14-16,21-22H2,1-2H3. The van der Waals surface area contributed by atoms with E-state index in [4.69, 9.17) is 4.74 Å². The summed E-state index contributed by atoms with van der Waals surface area (Å²) in [4.78, 5) is 33.4. The zero-order chi connectivity index (χ0) is 28.5. The molecule has 0 atom stereocenters. The number of nitrogens with one attached hydrogen (secondary N) is 1. The van der Waals surface area contributed by atoms with E-state index in [1.807, 2.05) is 68.6 Å². The van der Waals surface area contributed by atoms with Crippen LogP contribution in [0.3, 0.4) is 0 Å². The molecule has 0 spiro atoms. The number of benzene rings is 3. The topological polar surface area (TPSA) is 65.6 Å². The predicted octanol–water partition coefficient (Wildman–Crippen LogP) is 6.36. The number of halogens is 2. The molecule has 0 aliphatic heterocycles. The van der Waals surface area contributed by atoms with Crippen LogP contribution in [0.1, 0.15) is 48.2 Å². The van der Waals surface area contributed by atoms with Gasteiger partial charge in [0.2, 0.25) is 5.91 Å². The Morgan fingerprint density at radius 3 is 2.33 bits per heavy atom. The minimum atomic E-state index is -0.832. The first-order valence-electron chi connectivity index (χ1n) is 13.7. The molecule has 0 saturated heterocycles. The number of nitrogens with zero attached hydrogens (tertiary/aromatic N) is 2. The number of carbonyl (C=O) groups is 2. The van der Waals surface area contributed by atoms with Crippen LogP contribution in [0.25, 0.3) is 10.9 Å². The minimum Gasteiger partial charge on any atom is -0.494 e. The van der Waals surface area contributed by atoms with Gasteiger partial charge in [-0.1, -0.05) is 43.7 Å². The van der Waals surface area contributed by atoms with Crippen LogP contribution < -0.4 is 4.74 Å². The van der Waals surface area contributed by atoms with Crippen molar-refractivity contribution in [3.63, 3.8) is 0 Å². The molecule has 1 heterocycles. The van der Waals surface area contributed by atoms with Gasteiger partial charge < -0.3 is 19.5 Å². The van der Waals surface area contributed by atoms with Gasteiger partial charge in [-0.15, -0.1) is 0 Å². The van der Waals surface area contributed by atoms with Crippen molar-refractivity contribution in [1.29, 1.82) is 0 Å². The molecule has 1 N–H and O–H groups in total. The van der Waals surface area contributed by atoms with Gasteiger partial charge in [-0.05, 0) is 61.2 Å². The van der Waals surface area contributed by atoms with Crippen molar-refractivity contribution < 1.29 is 23.1 Å². The van der Waals surface area contributed by atoms with Crippen molar-refractivity contribution in [3.8, 4) is 5.75 Å². The van der Waals surface area contributed by atoms with Gasteiger partial charge in [0.25, 0.3) is 5.91 Å². The van der Waals surface area contributed by atoms with Gasteiger partial charge >= 0.3 is 0 Å². The molecule has 0 aliphatic carbocycles. The molecule has 40 heavy (non-hydrogen) atoms. The average Bonchev–Trinajstić information content (AvgIpc) is 3.36. The average molecular weight is 548 g/mol. The number of rotatable bonds is 13. The van der Waals surface area contributed by atoms with Gasteiger partial charge in [-0.25, -0.2) is 8.78 Å². The minimum absolute atomic E-state index is 0.113. The van der Waals surface area contributed by atoms with E-state index < -0.39 is 17.5 Å². The molecule has 0 fully saturated rings. The Morgan fingerprint density at radius 2 is 1.62 bits per heavy atom. The fourth-order valence-electron chi connectivity index (χ4n) is 4.69. The van der Waals surface area contributed by atoms with E-state index in [-0.39, 0.29) is 18.0 Å². The zero-order valence-electron chi connectivity index (χ0n) is 23.0. The van der Waals surface area contributed by atoms with E-state index >= 15 is 0 Å². The number of para-hydroxylation sites is 1. The van der Waals surface area contributed by atoms with Crippen molar-refractivity contribution in [2.75, 3.05) is 26.2 Å². The van der Waals surface area contributed by atoms with Crippen LogP contribution in [-0.2, 0) is 17.8 Å². The first-order chi connectivity index (χ1) is 19.4. The quantitative estimate of drug-likeness (QED) is 0.212. The second-order valence-electron chi connectivity index (χ2n) is 9.74. The number of fused-ring (bicyclic) bond motifs is 1. The molecule has 0 bridgehead atoms. The van der Waals surface area contributed by atoms with Crippen LogP contribution in [0.5, 0.6) is 5.75 Å². The summed E-state index contributed by atoms with van der Waals surface area (Å²) >= 11 is 0. The van der Waals surface area contributed by atoms with Crippen LogP contribution >= 0.6 is 0 Å². The highest BCUT2D eigenvalue weighted by Gasteiger charge is 2.23. The number of hydrogen-bond acceptors (Lipinski definition) is 3. The molecular weight excluding hydrogens is 512 g/mol. The summed E-state index contributed by atoms with van der Waals surface area (Å²) in [5, 5.41) is 1.10. The SMILES string of the molecule is CCCCN(CC(=O)N(CCc1c[nH]c2ccccc12)Cc1ccc(OCC)cc1)C(=O)c1cc(F)cc(F)c1. The number of carbonyl (C=O) groups excluding carboxylic acids is 2. The number of aromatic nitrogens is 1. The van der Waals surface area contributed by atoms with E-state index in [0.717, 1.165) is 52.4 Å². The van der Waals surface area contributed by atoms with Crippen molar-refractivity contribution >= 4 is 22.7 Å². The van der Waals surface area contributed by atoms with Gasteiger partial charge in [0.1, 0.15) is 23.9 Å². The number of unbranched alkanes of at least 4 members (excludes halogenated alkanes) is 1. The summed E-state index contributed by atoms with van der Waals surface area (Å²) in [6.45, 7) is 5.34. The Balaban J connectivity index is 1.55. The second kappa shape index (κ2) is 13.7. The van der Waals surface area contributed by atoms with Crippen LogP contribution in [-0.4, -0.2) is 52.8 Å². The van der Waals surface area contributed by atoms with Crippen LogP contribution in [0.15, 0.2) is 72.9 Å². The van der Waals surface area contributed by atoms with Gasteiger partial charge in [-0.3, -0.25) is 9.59 Å². The highest BCUT2D eigenvalue weighted by Crippen LogP contribution is 2.20. The lowest BCUT2D eigenvalue weighted by molar-refractivity contribution is -0.132. The van der Waals surface area contributed by atoms with Crippen molar-refractivity contribution in [1.82, 2.24) is 14.8 Å². The maximum Gasteiger partial charge on any atom is 0.254 e. The van der Waals surface area contributed by atoms with Crippen molar-refractivity contribution in [2.45, 2.75) is 39.7 Å². The Labute approximate surface area is 233 Å². The monoisotopic (exact) mass is 547 g/mol. The highest BCUT2D eigenvalue weighted by atomic mass is 19.1. The van der Waals surface area contributed by atoms with Gasteiger partial charge in [0.05, 0.1) is 6.61 Å². The lowest BCUT2D eigenvalue weighted by Crippen LogP contribution is -2.43. The molecule has 1 aromatic heterocycles. The summed E-state index contributed by atoms with van der Waals surface area (Å²) in [7, 11) is 0. The maximum atomic E-state index is 13.9. The molecule has 3 aromatic carbocycles. The highest BCUT2D eigenvalue weighted by molar-refractivity contribution is 5.96. The first-order valence-corrected chi connectivity index (χ1v) is 13.7. The van der Waals surface area contributed by atoms with Crippen LogP contribution in [0.4, 0.5) is 8.78 Å². The summed E-state index contributed by atoms with van der Waals surface area (Å²) in [5.41, 5.74) is 2.93. The lowest BCUT2D eigenvalue weighted by atomic mass is 10.1. The third-order valence-electron chi connectivity index (χ3n) is 6.79. The fraction of sp³-hybridized carbons (Fsp3) is 0.312. The van der Waals surface area contributed by atoms with E-state index in [9.17, 15) is 18.4 Å². The third-order valence-corrected chi connectivity index (χ3v) is 6.79. The lowest BCUT2D eigenvalue weighted by Gasteiger charge is -2.28. The molecule has 0 saturated carbocycles. The molecule has 210 valence electrons. The van der Waals surface area contributed by atoms with Gasteiger partial charge in [-0.2, -0.15) is 0 Å². The molecule has 4 aromatic rings. The number of amides is 2. The molecule has 0 unspecified atom stereocenters. The van der Waals surface area contributed by atoms with Gasteiger partial charge in [0, 0.05) is 48.4 Å². The maximum absolute atomic E-state index is 13.9. The molecule has 6 nitrogen and oxygen atoms in total. The molecule has 8 heteroatoms.